The minimum atomic E-state index is 0.312. The second kappa shape index (κ2) is 8.70. The summed E-state index contributed by atoms with van der Waals surface area (Å²) >= 11 is 0. The maximum atomic E-state index is 8.39. The zero-order valence-corrected chi connectivity index (χ0v) is 10.4. The lowest BCUT2D eigenvalue weighted by Crippen LogP contribution is -2.32. The molecule has 0 aromatic rings. The maximum Gasteiger partial charge on any atom is 0.0621 e. The number of nitriles is 1. The lowest BCUT2D eigenvalue weighted by molar-refractivity contribution is 0.297. The van der Waals surface area contributed by atoms with E-state index in [0.29, 0.717) is 18.4 Å². The van der Waals surface area contributed by atoms with Crippen LogP contribution in [0.4, 0.5) is 0 Å². The molecule has 0 aliphatic rings. The molecule has 1 unspecified atom stereocenters. The Hall–Kier alpha value is -0.590. The molecule has 0 bridgehead atoms. The van der Waals surface area contributed by atoms with Crippen molar-refractivity contribution in [2.75, 3.05) is 20.1 Å². The Labute approximate surface area is 94.2 Å². The molecule has 3 heteroatoms. The van der Waals surface area contributed by atoms with Crippen molar-refractivity contribution in [1.82, 2.24) is 4.90 Å². The first-order valence-electron chi connectivity index (χ1n) is 5.89. The molecule has 0 rings (SSSR count). The van der Waals surface area contributed by atoms with E-state index in [9.17, 15) is 0 Å². The minimum Gasteiger partial charge on any atom is -0.327 e. The molecule has 3 nitrogen and oxygen atoms in total. The fraction of sp³-hybridized carbons (Fsp3) is 0.917. The number of nitrogens with zero attached hydrogens (tertiary/aromatic N) is 2. The van der Waals surface area contributed by atoms with Crippen molar-refractivity contribution in [3.63, 3.8) is 0 Å². The zero-order valence-electron chi connectivity index (χ0n) is 10.4. The molecule has 0 fully saturated rings. The van der Waals surface area contributed by atoms with Crippen LogP contribution in [0.5, 0.6) is 0 Å². The first-order chi connectivity index (χ1) is 7.07. The van der Waals surface area contributed by atoms with E-state index in [1.165, 1.54) is 0 Å². The molecule has 88 valence electrons. The Balaban J connectivity index is 3.41. The van der Waals surface area contributed by atoms with E-state index < -0.39 is 0 Å². The Morgan fingerprint density at radius 3 is 2.47 bits per heavy atom. The second-order valence-corrected chi connectivity index (χ2v) is 4.62. The van der Waals surface area contributed by atoms with Gasteiger partial charge in [-0.1, -0.05) is 13.8 Å². The molecule has 0 aliphatic heterocycles. The molecule has 0 saturated heterocycles. The minimum absolute atomic E-state index is 0.312. The molecule has 0 aromatic carbocycles. The summed E-state index contributed by atoms with van der Waals surface area (Å²) < 4.78 is 0. The fourth-order valence-electron chi connectivity index (χ4n) is 1.40. The molecule has 0 heterocycles. The SMILES string of the molecule is CC(C)C(N)CCN(C)CCCCC#N. The highest BCUT2D eigenvalue weighted by atomic mass is 15.1. The molecule has 0 spiro atoms. The van der Waals surface area contributed by atoms with Crippen LogP contribution < -0.4 is 5.73 Å². The summed E-state index contributed by atoms with van der Waals surface area (Å²) in [5.74, 6) is 0.567. The standard InChI is InChI=1S/C12H25N3/c1-11(2)12(14)7-10-15(3)9-6-4-5-8-13/h11-12H,4-7,9-10,14H2,1-3H3. The molecule has 0 aliphatic carbocycles. The van der Waals surface area contributed by atoms with Gasteiger partial charge in [0.1, 0.15) is 0 Å². The summed E-state index contributed by atoms with van der Waals surface area (Å²) in [6.45, 7) is 6.47. The highest BCUT2D eigenvalue weighted by Crippen LogP contribution is 2.04. The first kappa shape index (κ1) is 14.4. The maximum absolute atomic E-state index is 8.39. The highest BCUT2D eigenvalue weighted by Gasteiger charge is 2.08. The van der Waals surface area contributed by atoms with E-state index in [-0.39, 0.29) is 0 Å². The Kier molecular flexibility index (Phi) is 8.35. The molecule has 15 heavy (non-hydrogen) atoms. The summed E-state index contributed by atoms with van der Waals surface area (Å²) in [6.07, 6.45) is 3.86. The first-order valence-corrected chi connectivity index (χ1v) is 5.89. The topological polar surface area (TPSA) is 53.0 Å². The molecule has 1 atom stereocenters. The van der Waals surface area contributed by atoms with E-state index >= 15 is 0 Å². The van der Waals surface area contributed by atoms with Crippen LogP contribution >= 0.6 is 0 Å². The predicted octanol–water partition coefficient (Wildman–Crippen LogP) is 1.99. The van der Waals surface area contributed by atoms with E-state index in [1.807, 2.05) is 0 Å². The molecule has 2 N–H and O–H groups in total. The predicted molar refractivity (Wildman–Crippen MR) is 64.4 cm³/mol. The van der Waals surface area contributed by atoms with E-state index in [1.54, 1.807) is 0 Å². The van der Waals surface area contributed by atoms with Crippen molar-refractivity contribution >= 4 is 0 Å². The number of nitrogens with two attached hydrogens (primary N) is 1. The summed E-state index contributed by atoms with van der Waals surface area (Å²) in [5, 5.41) is 8.39. The lowest BCUT2D eigenvalue weighted by atomic mass is 10.0. The third-order valence-electron chi connectivity index (χ3n) is 2.78. The number of unbranched alkanes of at least 4 members (excludes halogenated alkanes) is 2. The van der Waals surface area contributed by atoms with E-state index in [2.05, 4.69) is 31.9 Å². The monoisotopic (exact) mass is 211 g/mol. The molecule has 0 aromatic heterocycles. The van der Waals surface area contributed by atoms with Gasteiger partial charge < -0.3 is 10.6 Å². The van der Waals surface area contributed by atoms with Gasteiger partial charge >= 0.3 is 0 Å². The Morgan fingerprint density at radius 1 is 1.27 bits per heavy atom. The van der Waals surface area contributed by atoms with Crippen molar-refractivity contribution in [2.24, 2.45) is 11.7 Å². The molecular formula is C12H25N3. The molecule has 0 saturated carbocycles. The third kappa shape index (κ3) is 8.41. The van der Waals surface area contributed by atoms with Crippen LogP contribution in [0.25, 0.3) is 0 Å². The van der Waals surface area contributed by atoms with Crippen LogP contribution in [0.3, 0.4) is 0 Å². The molecule has 0 radical (unpaired) electrons. The third-order valence-corrected chi connectivity index (χ3v) is 2.78. The average Bonchev–Trinajstić information content (AvgIpc) is 2.20. The van der Waals surface area contributed by atoms with Gasteiger partial charge in [0.2, 0.25) is 0 Å². The van der Waals surface area contributed by atoms with Crippen LogP contribution in [0.1, 0.15) is 39.5 Å². The van der Waals surface area contributed by atoms with Gasteiger partial charge in [0.05, 0.1) is 6.07 Å². The van der Waals surface area contributed by atoms with Crippen LogP contribution in [0, 0.1) is 17.2 Å². The summed E-state index contributed by atoms with van der Waals surface area (Å²) in [5.41, 5.74) is 5.97. The van der Waals surface area contributed by atoms with Gasteiger partial charge in [-0.3, -0.25) is 0 Å². The number of hydrogen-bond acceptors (Lipinski definition) is 3. The van der Waals surface area contributed by atoms with Crippen molar-refractivity contribution in [3.05, 3.63) is 0 Å². The van der Waals surface area contributed by atoms with Crippen molar-refractivity contribution < 1.29 is 0 Å². The van der Waals surface area contributed by atoms with Crippen molar-refractivity contribution in [1.29, 1.82) is 5.26 Å². The van der Waals surface area contributed by atoms with Gasteiger partial charge in [-0.15, -0.1) is 0 Å². The van der Waals surface area contributed by atoms with E-state index in [0.717, 1.165) is 32.4 Å². The van der Waals surface area contributed by atoms with Gasteiger partial charge in [0, 0.05) is 12.5 Å². The number of hydrogen-bond donors (Lipinski definition) is 1. The summed E-state index contributed by atoms with van der Waals surface area (Å²) in [4.78, 5) is 2.31. The largest absolute Gasteiger partial charge is 0.327 e. The van der Waals surface area contributed by atoms with Gasteiger partial charge in [-0.2, -0.15) is 5.26 Å². The van der Waals surface area contributed by atoms with E-state index in [4.69, 9.17) is 11.0 Å². The van der Waals surface area contributed by atoms with Crippen LogP contribution in [-0.4, -0.2) is 31.1 Å². The second-order valence-electron chi connectivity index (χ2n) is 4.62. The Bertz CT molecular complexity index is 184. The van der Waals surface area contributed by atoms with Gasteiger partial charge in [-0.25, -0.2) is 0 Å². The normalized spacial score (nSPS) is 13.1. The quantitative estimate of drug-likeness (QED) is 0.625. The van der Waals surface area contributed by atoms with Crippen molar-refractivity contribution in [3.8, 4) is 6.07 Å². The number of rotatable bonds is 8. The van der Waals surface area contributed by atoms with Gasteiger partial charge in [-0.05, 0) is 45.3 Å². The summed E-state index contributed by atoms with van der Waals surface area (Å²) in [7, 11) is 2.12. The van der Waals surface area contributed by atoms with Crippen LogP contribution in [0.2, 0.25) is 0 Å². The van der Waals surface area contributed by atoms with Gasteiger partial charge in [0.15, 0.2) is 0 Å². The van der Waals surface area contributed by atoms with Crippen LogP contribution in [0.15, 0.2) is 0 Å². The molecular weight excluding hydrogens is 186 g/mol. The molecule has 0 amide bonds. The highest BCUT2D eigenvalue weighted by molar-refractivity contribution is 4.70. The Morgan fingerprint density at radius 2 is 1.93 bits per heavy atom. The lowest BCUT2D eigenvalue weighted by Gasteiger charge is -2.21. The van der Waals surface area contributed by atoms with Gasteiger partial charge in [0.25, 0.3) is 0 Å². The fourth-order valence-corrected chi connectivity index (χ4v) is 1.40. The summed E-state index contributed by atoms with van der Waals surface area (Å²) in [6, 6.07) is 2.48. The van der Waals surface area contributed by atoms with Crippen LogP contribution in [-0.2, 0) is 0 Å². The smallest absolute Gasteiger partial charge is 0.0621 e. The zero-order chi connectivity index (χ0) is 11.7. The average molecular weight is 211 g/mol. The van der Waals surface area contributed by atoms with Crippen molar-refractivity contribution in [2.45, 2.75) is 45.6 Å².